The van der Waals surface area contributed by atoms with Crippen molar-refractivity contribution in [3.63, 3.8) is 0 Å². The number of benzene rings is 1. The molecule has 1 aromatic carbocycles. The summed E-state index contributed by atoms with van der Waals surface area (Å²) in [5, 5.41) is 1.51. The van der Waals surface area contributed by atoms with Gasteiger partial charge in [0.25, 0.3) is 0 Å². The van der Waals surface area contributed by atoms with Crippen molar-refractivity contribution in [2.45, 2.75) is 44.3 Å². The van der Waals surface area contributed by atoms with Crippen LogP contribution in [-0.2, 0) is 14.6 Å². The molecule has 0 saturated heterocycles. The molecule has 1 unspecified atom stereocenters. The fraction of sp³-hybridized carbons (Fsp3) is 0.533. The molecule has 3 N–H and O–H groups in total. The number of aryl methyl sites for hydroxylation is 1. The molecule has 0 spiro atoms. The zero-order valence-electron chi connectivity index (χ0n) is 13.0. The van der Waals surface area contributed by atoms with E-state index in [4.69, 9.17) is 5.73 Å². The van der Waals surface area contributed by atoms with E-state index in [0.717, 1.165) is 12.0 Å². The first kappa shape index (κ1) is 17.5. The number of nitrogens with two attached hydrogens (primary N) is 1. The Balaban J connectivity index is 2.91. The van der Waals surface area contributed by atoms with Crippen molar-refractivity contribution in [3.05, 3.63) is 23.8 Å². The number of nitrogen functional groups attached to an aromatic ring is 1. The Morgan fingerprint density at radius 2 is 1.90 bits per heavy atom. The minimum Gasteiger partial charge on any atom is -0.398 e. The summed E-state index contributed by atoms with van der Waals surface area (Å²) in [6.07, 6.45) is 0.811. The molecular formula is C15H24N2O3S. The van der Waals surface area contributed by atoms with Crippen LogP contribution < -0.4 is 11.1 Å². The van der Waals surface area contributed by atoms with Gasteiger partial charge in [-0.3, -0.25) is 4.79 Å². The van der Waals surface area contributed by atoms with Crippen LogP contribution in [0, 0.1) is 12.8 Å². The van der Waals surface area contributed by atoms with Crippen molar-refractivity contribution in [1.82, 2.24) is 5.32 Å². The second kappa shape index (κ2) is 6.93. The fourth-order valence-electron chi connectivity index (χ4n) is 1.85. The molecule has 0 saturated carbocycles. The van der Waals surface area contributed by atoms with E-state index in [1.165, 1.54) is 13.0 Å². The van der Waals surface area contributed by atoms with Gasteiger partial charge in [-0.05, 0) is 43.9 Å². The number of hydrogen-bond acceptors (Lipinski definition) is 4. The summed E-state index contributed by atoms with van der Waals surface area (Å²) in [5.41, 5.74) is 6.70. The highest BCUT2D eigenvalue weighted by atomic mass is 32.2. The van der Waals surface area contributed by atoms with Crippen LogP contribution in [0.4, 0.5) is 5.69 Å². The van der Waals surface area contributed by atoms with E-state index in [0.29, 0.717) is 12.5 Å². The Hall–Kier alpha value is -1.56. The second-order valence-electron chi connectivity index (χ2n) is 5.70. The van der Waals surface area contributed by atoms with E-state index in [1.54, 1.807) is 19.1 Å². The number of carbonyl (C=O) groups excluding carboxylic acids is 1. The minimum absolute atomic E-state index is 0.0222. The summed E-state index contributed by atoms with van der Waals surface area (Å²) in [6.45, 7) is 7.73. The van der Waals surface area contributed by atoms with Gasteiger partial charge in [0.15, 0.2) is 9.84 Å². The molecule has 1 atom stereocenters. The third-order valence-electron chi connectivity index (χ3n) is 3.33. The SMILES string of the molecule is Cc1ccc(N)c(S(=O)(=O)C(C)C(=O)NCCC(C)C)c1. The molecule has 6 heteroatoms. The molecule has 0 aliphatic carbocycles. The number of rotatable bonds is 6. The number of hydrogen-bond donors (Lipinski definition) is 2. The van der Waals surface area contributed by atoms with Crippen LogP contribution >= 0.6 is 0 Å². The quantitative estimate of drug-likeness (QED) is 0.785. The highest BCUT2D eigenvalue weighted by Gasteiger charge is 2.31. The molecule has 0 fully saturated rings. The monoisotopic (exact) mass is 312 g/mol. The molecule has 0 aromatic heterocycles. The van der Waals surface area contributed by atoms with E-state index in [1.807, 2.05) is 13.8 Å². The summed E-state index contributed by atoms with van der Waals surface area (Å²) in [6, 6.07) is 4.79. The summed E-state index contributed by atoms with van der Waals surface area (Å²) < 4.78 is 25.0. The van der Waals surface area contributed by atoms with Gasteiger partial charge < -0.3 is 11.1 Å². The van der Waals surface area contributed by atoms with E-state index >= 15 is 0 Å². The van der Waals surface area contributed by atoms with Crippen molar-refractivity contribution < 1.29 is 13.2 Å². The van der Waals surface area contributed by atoms with Crippen molar-refractivity contribution in [2.24, 2.45) is 5.92 Å². The van der Waals surface area contributed by atoms with Crippen LogP contribution in [0.3, 0.4) is 0 Å². The first-order chi connectivity index (χ1) is 9.66. The summed E-state index contributed by atoms with van der Waals surface area (Å²) in [5.74, 6) is -0.0406. The lowest BCUT2D eigenvalue weighted by molar-refractivity contribution is -0.120. The summed E-state index contributed by atoms with van der Waals surface area (Å²) >= 11 is 0. The molecule has 1 amide bonds. The lowest BCUT2D eigenvalue weighted by Crippen LogP contribution is -2.38. The van der Waals surface area contributed by atoms with Gasteiger partial charge in [0.05, 0.1) is 10.6 Å². The van der Waals surface area contributed by atoms with Crippen LogP contribution in [-0.4, -0.2) is 26.1 Å². The number of carbonyl (C=O) groups is 1. The maximum absolute atomic E-state index is 12.5. The standard InChI is InChI=1S/C15H24N2O3S/c1-10(2)7-8-17-15(18)12(4)21(19,20)14-9-11(3)5-6-13(14)16/h5-6,9-10,12H,7-8,16H2,1-4H3,(H,17,18). The van der Waals surface area contributed by atoms with E-state index in [2.05, 4.69) is 5.32 Å². The predicted molar refractivity (Wildman–Crippen MR) is 84.7 cm³/mol. The Morgan fingerprint density at radius 1 is 1.29 bits per heavy atom. The average molecular weight is 312 g/mol. The highest BCUT2D eigenvalue weighted by Crippen LogP contribution is 2.24. The molecule has 5 nitrogen and oxygen atoms in total. The second-order valence-corrected chi connectivity index (χ2v) is 7.94. The van der Waals surface area contributed by atoms with Gasteiger partial charge in [0, 0.05) is 6.54 Å². The predicted octanol–water partition coefficient (Wildman–Crippen LogP) is 1.90. The lowest BCUT2D eigenvalue weighted by atomic mass is 10.1. The number of anilines is 1. The molecule has 118 valence electrons. The normalized spacial score (nSPS) is 13.2. The number of sulfone groups is 1. The van der Waals surface area contributed by atoms with E-state index in [-0.39, 0.29) is 10.6 Å². The van der Waals surface area contributed by atoms with Gasteiger partial charge in [-0.15, -0.1) is 0 Å². The lowest BCUT2D eigenvalue weighted by Gasteiger charge is -2.15. The molecule has 0 aliphatic rings. The molecule has 1 aromatic rings. The smallest absolute Gasteiger partial charge is 0.238 e. The van der Waals surface area contributed by atoms with Crippen LogP contribution in [0.1, 0.15) is 32.8 Å². The van der Waals surface area contributed by atoms with E-state index in [9.17, 15) is 13.2 Å². The molecule has 0 heterocycles. The van der Waals surface area contributed by atoms with Gasteiger partial charge in [-0.1, -0.05) is 19.9 Å². The highest BCUT2D eigenvalue weighted by molar-refractivity contribution is 7.93. The summed E-state index contributed by atoms with van der Waals surface area (Å²) in [7, 11) is -3.78. The van der Waals surface area contributed by atoms with Crippen LogP contribution in [0.2, 0.25) is 0 Å². The van der Waals surface area contributed by atoms with Crippen molar-refractivity contribution >= 4 is 21.4 Å². The Bertz CT molecular complexity index is 609. The zero-order chi connectivity index (χ0) is 16.2. The number of nitrogens with one attached hydrogen (secondary N) is 1. The topological polar surface area (TPSA) is 89.3 Å². The van der Waals surface area contributed by atoms with Gasteiger partial charge >= 0.3 is 0 Å². The third kappa shape index (κ3) is 4.46. The Kier molecular flexibility index (Phi) is 5.78. The first-order valence-electron chi connectivity index (χ1n) is 7.04. The van der Waals surface area contributed by atoms with Gasteiger partial charge in [0.2, 0.25) is 5.91 Å². The molecule has 0 aliphatic heterocycles. The van der Waals surface area contributed by atoms with E-state index < -0.39 is 21.0 Å². The minimum atomic E-state index is -3.78. The fourth-order valence-corrected chi connectivity index (χ4v) is 3.34. The third-order valence-corrected chi connectivity index (χ3v) is 5.44. The van der Waals surface area contributed by atoms with Crippen molar-refractivity contribution in [1.29, 1.82) is 0 Å². The van der Waals surface area contributed by atoms with Gasteiger partial charge in [0.1, 0.15) is 5.25 Å². The molecule has 1 rings (SSSR count). The van der Waals surface area contributed by atoms with Crippen LogP contribution in [0.25, 0.3) is 0 Å². The Labute approximate surface area is 126 Å². The molecule has 0 radical (unpaired) electrons. The number of amides is 1. The average Bonchev–Trinajstić information content (AvgIpc) is 2.39. The van der Waals surface area contributed by atoms with Crippen molar-refractivity contribution in [3.8, 4) is 0 Å². The van der Waals surface area contributed by atoms with Crippen LogP contribution in [0.15, 0.2) is 23.1 Å². The molecule has 0 bridgehead atoms. The van der Waals surface area contributed by atoms with Crippen molar-refractivity contribution in [2.75, 3.05) is 12.3 Å². The van der Waals surface area contributed by atoms with Crippen LogP contribution in [0.5, 0.6) is 0 Å². The maximum Gasteiger partial charge on any atom is 0.238 e. The van der Waals surface area contributed by atoms with Gasteiger partial charge in [-0.2, -0.15) is 0 Å². The molecular weight excluding hydrogens is 288 g/mol. The largest absolute Gasteiger partial charge is 0.398 e. The maximum atomic E-state index is 12.5. The van der Waals surface area contributed by atoms with Gasteiger partial charge in [-0.25, -0.2) is 8.42 Å². The Morgan fingerprint density at radius 3 is 2.48 bits per heavy atom. The zero-order valence-corrected chi connectivity index (χ0v) is 13.8. The summed E-state index contributed by atoms with van der Waals surface area (Å²) in [4.78, 5) is 12.0. The first-order valence-corrected chi connectivity index (χ1v) is 8.58. The molecule has 21 heavy (non-hydrogen) atoms.